The third-order valence-electron chi connectivity index (χ3n) is 8.16. The van der Waals surface area contributed by atoms with E-state index in [0.29, 0.717) is 19.5 Å². The van der Waals surface area contributed by atoms with Gasteiger partial charge in [0.15, 0.2) is 0 Å². The first-order chi connectivity index (χ1) is 18.5. The lowest BCUT2D eigenvalue weighted by atomic mass is 10.0. The van der Waals surface area contributed by atoms with Crippen LogP contribution in [0.15, 0.2) is 30.5 Å². The van der Waals surface area contributed by atoms with Crippen LogP contribution >= 0.6 is 0 Å². The van der Waals surface area contributed by atoms with E-state index in [9.17, 15) is 9.59 Å². The second kappa shape index (κ2) is 16.6. The molecule has 1 aliphatic rings. The van der Waals surface area contributed by atoms with Gasteiger partial charge in [-0.15, -0.1) is 0 Å². The molecule has 0 aliphatic carbocycles. The van der Waals surface area contributed by atoms with Crippen molar-refractivity contribution in [2.45, 2.75) is 115 Å². The van der Waals surface area contributed by atoms with E-state index in [0.717, 1.165) is 42.1 Å². The number of likely N-dealkylation sites (tertiary alicyclic amines) is 1. The molecule has 0 spiro atoms. The highest BCUT2D eigenvalue weighted by atomic mass is 16.2. The Morgan fingerprint density at radius 1 is 0.974 bits per heavy atom. The van der Waals surface area contributed by atoms with Crippen molar-refractivity contribution < 1.29 is 9.59 Å². The third kappa shape index (κ3) is 9.14. The number of likely N-dealkylation sites (N-methyl/N-ethyl adjacent to an activating group) is 1. The molecule has 1 saturated heterocycles. The SMILES string of the molecule is CCCCCCCCCCCCCCNC(=O)[C@@H]1CCCN1C(=O)[C@H](Cc1c[nH]c2ccccc12)N(C)C. The third-order valence-corrected chi connectivity index (χ3v) is 8.16. The number of carbonyl (C=O) groups is 2. The van der Waals surface area contributed by atoms with E-state index in [-0.39, 0.29) is 23.9 Å². The maximum atomic E-state index is 13.6. The van der Waals surface area contributed by atoms with Crippen molar-refractivity contribution in [1.29, 1.82) is 0 Å². The van der Waals surface area contributed by atoms with E-state index >= 15 is 0 Å². The van der Waals surface area contributed by atoms with Gasteiger partial charge >= 0.3 is 0 Å². The quantitative estimate of drug-likeness (QED) is 0.220. The first-order valence-electron chi connectivity index (χ1n) is 15.3. The molecule has 2 heterocycles. The summed E-state index contributed by atoms with van der Waals surface area (Å²) in [6.07, 6.45) is 20.0. The van der Waals surface area contributed by atoms with Gasteiger partial charge in [-0.2, -0.15) is 0 Å². The average Bonchev–Trinajstić information content (AvgIpc) is 3.57. The molecular weight excluding hydrogens is 472 g/mol. The molecule has 2 aromatic rings. The van der Waals surface area contributed by atoms with Gasteiger partial charge in [0, 0.05) is 30.2 Å². The van der Waals surface area contributed by atoms with E-state index in [1.807, 2.05) is 42.2 Å². The van der Waals surface area contributed by atoms with Crippen molar-refractivity contribution in [3.8, 4) is 0 Å². The summed E-state index contributed by atoms with van der Waals surface area (Å²) in [4.78, 5) is 33.8. The number of nitrogens with one attached hydrogen (secondary N) is 2. The summed E-state index contributed by atoms with van der Waals surface area (Å²) in [7, 11) is 3.91. The number of aromatic amines is 1. The monoisotopic (exact) mass is 524 g/mol. The topological polar surface area (TPSA) is 68.4 Å². The fraction of sp³-hybridized carbons (Fsp3) is 0.688. The predicted molar refractivity (Wildman–Crippen MR) is 158 cm³/mol. The van der Waals surface area contributed by atoms with Gasteiger partial charge in [0.2, 0.25) is 11.8 Å². The zero-order valence-corrected chi connectivity index (χ0v) is 24.3. The van der Waals surface area contributed by atoms with Crippen LogP contribution in [0.3, 0.4) is 0 Å². The van der Waals surface area contributed by atoms with Crippen LogP contribution in [0.1, 0.15) is 102 Å². The molecule has 2 N–H and O–H groups in total. The molecule has 0 bridgehead atoms. The van der Waals surface area contributed by atoms with Gasteiger partial charge in [0.1, 0.15) is 6.04 Å². The average molecular weight is 525 g/mol. The van der Waals surface area contributed by atoms with Crippen LogP contribution in [0.2, 0.25) is 0 Å². The Labute approximate surface area is 230 Å². The van der Waals surface area contributed by atoms with Gasteiger partial charge in [0.25, 0.3) is 0 Å². The van der Waals surface area contributed by atoms with Crippen LogP contribution in [-0.4, -0.2) is 65.9 Å². The van der Waals surface area contributed by atoms with Gasteiger partial charge in [-0.05, 0) is 51.4 Å². The molecule has 1 aromatic carbocycles. The normalized spacial score (nSPS) is 16.4. The minimum Gasteiger partial charge on any atom is -0.361 e. The summed E-state index contributed by atoms with van der Waals surface area (Å²) in [5.41, 5.74) is 2.23. The van der Waals surface area contributed by atoms with Crippen molar-refractivity contribution >= 4 is 22.7 Å². The number of hydrogen-bond acceptors (Lipinski definition) is 3. The van der Waals surface area contributed by atoms with E-state index in [2.05, 4.69) is 29.4 Å². The molecule has 1 aromatic heterocycles. The summed E-state index contributed by atoms with van der Waals surface area (Å²) < 4.78 is 0. The predicted octanol–water partition coefficient (Wildman–Crippen LogP) is 6.45. The summed E-state index contributed by atoms with van der Waals surface area (Å²) >= 11 is 0. The van der Waals surface area contributed by atoms with Gasteiger partial charge in [0.05, 0.1) is 6.04 Å². The number of nitrogens with zero attached hydrogens (tertiary/aromatic N) is 2. The molecule has 6 nitrogen and oxygen atoms in total. The lowest BCUT2D eigenvalue weighted by molar-refractivity contribution is -0.142. The van der Waals surface area contributed by atoms with Crippen LogP contribution in [-0.2, 0) is 16.0 Å². The summed E-state index contributed by atoms with van der Waals surface area (Å²) in [6.45, 7) is 3.64. The lowest BCUT2D eigenvalue weighted by Gasteiger charge is -2.31. The van der Waals surface area contributed by atoms with Crippen molar-refractivity contribution in [2.24, 2.45) is 0 Å². The Kier molecular flexibility index (Phi) is 13.2. The first kappa shape index (κ1) is 30.2. The van der Waals surface area contributed by atoms with Crippen molar-refractivity contribution in [3.63, 3.8) is 0 Å². The number of para-hydroxylation sites is 1. The van der Waals surface area contributed by atoms with Crippen LogP contribution in [0.25, 0.3) is 10.9 Å². The van der Waals surface area contributed by atoms with Crippen LogP contribution in [0.4, 0.5) is 0 Å². The standard InChI is InChI=1S/C32H52N4O2/c1-4-5-6-7-8-9-10-11-12-13-14-17-22-33-31(37)29-21-18-23-36(29)32(38)30(35(2)3)24-26-25-34-28-20-16-15-19-27(26)28/h15-16,19-20,25,29-30,34H,4-14,17-18,21-24H2,1-3H3,(H,33,37)/t29-,30-/m0/s1. The Balaban J connectivity index is 1.36. The molecule has 38 heavy (non-hydrogen) atoms. The zero-order valence-electron chi connectivity index (χ0n) is 24.3. The van der Waals surface area contributed by atoms with Crippen molar-refractivity contribution in [2.75, 3.05) is 27.2 Å². The molecule has 212 valence electrons. The molecule has 1 fully saturated rings. The molecule has 1 aliphatic heterocycles. The molecule has 6 heteroatoms. The van der Waals surface area contributed by atoms with Crippen LogP contribution in [0.5, 0.6) is 0 Å². The maximum absolute atomic E-state index is 13.6. The number of carbonyl (C=O) groups excluding carboxylic acids is 2. The Morgan fingerprint density at radius 2 is 1.61 bits per heavy atom. The fourth-order valence-electron chi connectivity index (χ4n) is 5.79. The highest BCUT2D eigenvalue weighted by Crippen LogP contribution is 2.24. The molecule has 2 amide bonds. The number of unbranched alkanes of at least 4 members (excludes halogenated alkanes) is 11. The Morgan fingerprint density at radius 3 is 2.26 bits per heavy atom. The van der Waals surface area contributed by atoms with Crippen LogP contribution in [0, 0.1) is 0 Å². The number of rotatable bonds is 18. The molecule has 3 rings (SSSR count). The smallest absolute Gasteiger partial charge is 0.242 e. The van der Waals surface area contributed by atoms with E-state index in [1.165, 1.54) is 64.2 Å². The van der Waals surface area contributed by atoms with Crippen molar-refractivity contribution in [3.05, 3.63) is 36.0 Å². The molecule has 0 saturated carbocycles. The lowest BCUT2D eigenvalue weighted by Crippen LogP contribution is -2.52. The fourth-order valence-corrected chi connectivity index (χ4v) is 5.79. The molecule has 0 radical (unpaired) electrons. The van der Waals surface area contributed by atoms with Crippen LogP contribution < -0.4 is 5.32 Å². The minimum absolute atomic E-state index is 0.0172. The first-order valence-corrected chi connectivity index (χ1v) is 15.3. The highest BCUT2D eigenvalue weighted by molar-refractivity contribution is 5.91. The maximum Gasteiger partial charge on any atom is 0.242 e. The highest BCUT2D eigenvalue weighted by Gasteiger charge is 2.37. The number of H-pyrrole nitrogens is 1. The van der Waals surface area contributed by atoms with E-state index in [1.54, 1.807) is 0 Å². The number of amides is 2. The van der Waals surface area contributed by atoms with Gasteiger partial charge < -0.3 is 15.2 Å². The Bertz CT molecular complexity index is 969. The summed E-state index contributed by atoms with van der Waals surface area (Å²) in [6, 6.07) is 7.57. The molecule has 2 atom stereocenters. The number of hydrogen-bond donors (Lipinski definition) is 2. The molecule has 0 unspecified atom stereocenters. The van der Waals surface area contributed by atoms with Gasteiger partial charge in [-0.3, -0.25) is 14.5 Å². The zero-order chi connectivity index (χ0) is 27.2. The number of fused-ring (bicyclic) bond motifs is 1. The van der Waals surface area contributed by atoms with Gasteiger partial charge in [-0.1, -0.05) is 95.8 Å². The summed E-state index contributed by atoms with van der Waals surface area (Å²) in [5, 5.41) is 4.29. The second-order valence-electron chi connectivity index (χ2n) is 11.4. The van der Waals surface area contributed by atoms with Crippen molar-refractivity contribution in [1.82, 2.24) is 20.1 Å². The number of aromatic nitrogens is 1. The largest absolute Gasteiger partial charge is 0.361 e. The second-order valence-corrected chi connectivity index (χ2v) is 11.4. The Hall–Kier alpha value is -2.34. The minimum atomic E-state index is -0.342. The van der Waals surface area contributed by atoms with E-state index in [4.69, 9.17) is 0 Å². The van der Waals surface area contributed by atoms with Gasteiger partial charge in [-0.25, -0.2) is 0 Å². The number of benzene rings is 1. The molecular formula is C32H52N4O2. The van der Waals surface area contributed by atoms with E-state index < -0.39 is 0 Å². The summed E-state index contributed by atoms with van der Waals surface area (Å²) in [5.74, 6) is 0.0758.